The molecule has 0 bridgehead atoms. The molecule has 2 saturated heterocycles. The summed E-state index contributed by atoms with van der Waals surface area (Å²) >= 11 is 0. The van der Waals surface area contributed by atoms with Gasteiger partial charge in [0.25, 0.3) is 0 Å². The average Bonchev–Trinajstić information content (AvgIpc) is 2.85. The van der Waals surface area contributed by atoms with Crippen LogP contribution < -0.4 is 10.6 Å². The van der Waals surface area contributed by atoms with Crippen molar-refractivity contribution in [2.24, 2.45) is 0 Å². The van der Waals surface area contributed by atoms with Crippen molar-refractivity contribution in [1.82, 2.24) is 14.9 Å². The van der Waals surface area contributed by atoms with Crippen LogP contribution in [0.25, 0.3) is 0 Å². The molecule has 3 heterocycles. The van der Waals surface area contributed by atoms with Gasteiger partial charge in [0, 0.05) is 31.2 Å². The highest BCUT2D eigenvalue weighted by molar-refractivity contribution is 5.58. The molecule has 2 aliphatic rings. The van der Waals surface area contributed by atoms with Crippen molar-refractivity contribution < 1.29 is 0 Å². The Morgan fingerprint density at radius 3 is 2.89 bits per heavy atom. The Bertz CT molecular complexity index is 459. The Labute approximate surface area is 114 Å². The van der Waals surface area contributed by atoms with Crippen molar-refractivity contribution in [3.63, 3.8) is 0 Å². The molecule has 0 radical (unpaired) electrons. The van der Waals surface area contributed by atoms with E-state index in [4.69, 9.17) is 5.73 Å². The van der Waals surface area contributed by atoms with E-state index >= 15 is 0 Å². The molecule has 5 heteroatoms. The molecule has 2 N–H and O–H groups in total. The van der Waals surface area contributed by atoms with E-state index in [1.54, 1.807) is 6.33 Å². The smallest absolute Gasteiger partial charge is 0.137 e. The lowest BCUT2D eigenvalue weighted by Gasteiger charge is -2.39. The maximum Gasteiger partial charge on any atom is 0.137 e. The maximum absolute atomic E-state index is 6.05. The Hall–Kier alpha value is -1.36. The molecule has 0 aliphatic carbocycles. The molecule has 1 aromatic rings. The predicted octanol–water partition coefficient (Wildman–Crippen LogP) is 1.47. The van der Waals surface area contributed by atoms with Crippen LogP contribution in [-0.4, -0.2) is 47.1 Å². The molecule has 104 valence electrons. The second-order valence-electron chi connectivity index (χ2n) is 5.93. The number of piperazine rings is 1. The highest BCUT2D eigenvalue weighted by Crippen LogP contribution is 2.31. The van der Waals surface area contributed by atoms with Crippen molar-refractivity contribution in [1.29, 1.82) is 0 Å². The van der Waals surface area contributed by atoms with E-state index in [1.807, 2.05) is 0 Å². The van der Waals surface area contributed by atoms with Crippen LogP contribution in [0.1, 0.15) is 38.2 Å². The number of fused-ring (bicyclic) bond motifs is 1. The first-order chi connectivity index (χ1) is 9.16. The largest absolute Gasteiger partial charge is 0.383 e. The average molecular weight is 261 g/mol. The van der Waals surface area contributed by atoms with Gasteiger partial charge in [-0.1, -0.05) is 13.8 Å². The molecule has 1 atom stereocenters. The number of hydrogen-bond acceptors (Lipinski definition) is 5. The van der Waals surface area contributed by atoms with E-state index in [-0.39, 0.29) is 0 Å². The van der Waals surface area contributed by atoms with E-state index in [0.717, 1.165) is 31.0 Å². The third kappa shape index (κ3) is 2.27. The predicted molar refractivity (Wildman–Crippen MR) is 77.3 cm³/mol. The minimum absolute atomic E-state index is 0.359. The first-order valence-electron chi connectivity index (χ1n) is 7.26. The number of rotatable bonds is 2. The summed E-state index contributed by atoms with van der Waals surface area (Å²) < 4.78 is 0. The highest BCUT2D eigenvalue weighted by Gasteiger charge is 2.32. The van der Waals surface area contributed by atoms with Gasteiger partial charge in [-0.2, -0.15) is 0 Å². The number of nitrogens with two attached hydrogens (primary N) is 1. The van der Waals surface area contributed by atoms with Crippen molar-refractivity contribution in [2.45, 2.75) is 38.6 Å². The van der Waals surface area contributed by atoms with E-state index in [1.165, 1.54) is 19.4 Å². The van der Waals surface area contributed by atoms with Crippen LogP contribution in [0.5, 0.6) is 0 Å². The van der Waals surface area contributed by atoms with Gasteiger partial charge in [0.15, 0.2) is 0 Å². The zero-order valence-electron chi connectivity index (χ0n) is 11.8. The zero-order valence-corrected chi connectivity index (χ0v) is 11.8. The molecule has 2 fully saturated rings. The van der Waals surface area contributed by atoms with Crippen LogP contribution in [0.3, 0.4) is 0 Å². The van der Waals surface area contributed by atoms with Crippen LogP contribution in [0.4, 0.5) is 11.6 Å². The molecule has 0 spiro atoms. The van der Waals surface area contributed by atoms with Crippen molar-refractivity contribution in [3.05, 3.63) is 11.9 Å². The number of nitrogen functional groups attached to an aromatic ring is 1. The van der Waals surface area contributed by atoms with Crippen molar-refractivity contribution in [2.75, 3.05) is 36.8 Å². The van der Waals surface area contributed by atoms with E-state index in [2.05, 4.69) is 33.6 Å². The Balaban J connectivity index is 1.88. The second-order valence-corrected chi connectivity index (χ2v) is 5.93. The minimum atomic E-state index is 0.359. The normalized spacial score (nSPS) is 23.9. The summed E-state index contributed by atoms with van der Waals surface area (Å²) in [5.41, 5.74) is 7.15. The van der Waals surface area contributed by atoms with Crippen LogP contribution in [0.15, 0.2) is 6.33 Å². The summed E-state index contributed by atoms with van der Waals surface area (Å²) in [4.78, 5) is 13.7. The molecule has 0 aromatic carbocycles. The number of anilines is 2. The van der Waals surface area contributed by atoms with Crippen LogP contribution >= 0.6 is 0 Å². The molecule has 2 aliphatic heterocycles. The number of aromatic nitrogens is 2. The Morgan fingerprint density at radius 2 is 2.11 bits per heavy atom. The fourth-order valence-corrected chi connectivity index (χ4v) is 3.39. The molecular formula is C14H23N5. The quantitative estimate of drug-likeness (QED) is 0.873. The minimum Gasteiger partial charge on any atom is -0.383 e. The summed E-state index contributed by atoms with van der Waals surface area (Å²) in [7, 11) is 0. The second kappa shape index (κ2) is 4.96. The lowest BCUT2D eigenvalue weighted by molar-refractivity contribution is 0.230. The molecule has 1 unspecified atom stereocenters. The van der Waals surface area contributed by atoms with Crippen LogP contribution in [0.2, 0.25) is 0 Å². The number of nitrogens with zero attached hydrogens (tertiary/aromatic N) is 4. The van der Waals surface area contributed by atoms with Gasteiger partial charge in [0.05, 0.1) is 0 Å². The van der Waals surface area contributed by atoms with Gasteiger partial charge in [-0.15, -0.1) is 0 Å². The van der Waals surface area contributed by atoms with Crippen molar-refractivity contribution >= 4 is 11.6 Å². The summed E-state index contributed by atoms with van der Waals surface area (Å²) in [6.45, 7) is 8.85. The topological polar surface area (TPSA) is 58.3 Å². The fourth-order valence-electron chi connectivity index (χ4n) is 3.39. The standard InChI is InChI=1S/C14H23N5/c1-10(2)12-13(15)16-9-17-14(12)19-7-6-18-5-3-4-11(18)8-19/h9-11H,3-8H2,1-2H3,(H2,15,16,17). The molecule has 0 amide bonds. The van der Waals surface area contributed by atoms with Crippen LogP contribution in [-0.2, 0) is 0 Å². The Kier molecular flexibility index (Phi) is 3.31. The molecule has 3 rings (SSSR count). The van der Waals surface area contributed by atoms with Gasteiger partial charge in [-0.25, -0.2) is 9.97 Å². The molecule has 19 heavy (non-hydrogen) atoms. The van der Waals surface area contributed by atoms with Gasteiger partial charge in [0.1, 0.15) is 18.0 Å². The van der Waals surface area contributed by atoms with E-state index < -0.39 is 0 Å². The molecular weight excluding hydrogens is 238 g/mol. The lowest BCUT2D eigenvalue weighted by atomic mass is 10.0. The van der Waals surface area contributed by atoms with Gasteiger partial charge in [-0.3, -0.25) is 4.90 Å². The summed E-state index contributed by atoms with van der Waals surface area (Å²) in [6, 6.07) is 0.699. The monoisotopic (exact) mass is 261 g/mol. The van der Waals surface area contributed by atoms with E-state index in [0.29, 0.717) is 17.8 Å². The van der Waals surface area contributed by atoms with Gasteiger partial charge in [-0.05, 0) is 25.3 Å². The molecule has 0 saturated carbocycles. The summed E-state index contributed by atoms with van der Waals surface area (Å²) in [6.07, 6.45) is 4.24. The maximum atomic E-state index is 6.05. The zero-order chi connectivity index (χ0) is 13.4. The summed E-state index contributed by atoms with van der Waals surface area (Å²) in [5.74, 6) is 2.04. The Morgan fingerprint density at radius 1 is 1.26 bits per heavy atom. The first-order valence-corrected chi connectivity index (χ1v) is 7.26. The van der Waals surface area contributed by atoms with Crippen LogP contribution in [0, 0.1) is 0 Å². The third-order valence-electron chi connectivity index (χ3n) is 4.36. The van der Waals surface area contributed by atoms with E-state index in [9.17, 15) is 0 Å². The van der Waals surface area contributed by atoms with Crippen molar-refractivity contribution in [3.8, 4) is 0 Å². The van der Waals surface area contributed by atoms with Gasteiger partial charge < -0.3 is 10.6 Å². The number of hydrogen-bond donors (Lipinski definition) is 1. The fraction of sp³-hybridized carbons (Fsp3) is 0.714. The third-order valence-corrected chi connectivity index (χ3v) is 4.36. The SMILES string of the molecule is CC(C)c1c(N)ncnc1N1CCN2CCCC2C1. The molecule has 1 aromatic heterocycles. The van der Waals surface area contributed by atoms with Gasteiger partial charge in [0.2, 0.25) is 0 Å². The summed E-state index contributed by atoms with van der Waals surface area (Å²) in [5, 5.41) is 0. The highest BCUT2D eigenvalue weighted by atomic mass is 15.3. The van der Waals surface area contributed by atoms with Gasteiger partial charge >= 0.3 is 0 Å². The lowest BCUT2D eigenvalue weighted by Crippen LogP contribution is -2.50. The molecule has 5 nitrogen and oxygen atoms in total. The first kappa shape index (κ1) is 12.7.